The molecule has 0 radical (unpaired) electrons. The second-order valence-corrected chi connectivity index (χ2v) is 8.59. The SMILES string of the molecule is COc1cc(-c2cc3c(cc2NC(=O)c2coc(-c4ccnc(N)c4)n2)CC(C)(C)O3)ccn1. The first-order valence-electron chi connectivity index (χ1n) is 10.7. The number of anilines is 2. The molecule has 1 aliphatic heterocycles. The fraction of sp³-hybridized carbons (Fsp3) is 0.200. The molecule has 3 aromatic heterocycles. The van der Waals surface area contributed by atoms with E-state index in [4.69, 9.17) is 19.6 Å². The van der Waals surface area contributed by atoms with Crippen LogP contribution >= 0.6 is 0 Å². The summed E-state index contributed by atoms with van der Waals surface area (Å²) in [6.45, 7) is 4.06. The molecule has 0 aliphatic carbocycles. The van der Waals surface area contributed by atoms with Crippen LogP contribution in [0.3, 0.4) is 0 Å². The number of carbonyl (C=O) groups is 1. The normalized spacial score (nSPS) is 13.7. The number of nitrogen functional groups attached to an aromatic ring is 1. The Balaban J connectivity index is 1.50. The Bertz CT molecular complexity index is 1400. The molecule has 0 bridgehead atoms. The molecule has 34 heavy (non-hydrogen) atoms. The molecule has 5 rings (SSSR count). The van der Waals surface area contributed by atoms with Crippen LogP contribution in [0.15, 0.2) is 59.5 Å². The minimum atomic E-state index is -0.405. The first-order chi connectivity index (χ1) is 16.3. The molecule has 1 aliphatic rings. The third kappa shape index (κ3) is 4.15. The molecule has 9 heteroatoms. The summed E-state index contributed by atoms with van der Waals surface area (Å²) in [4.78, 5) is 25.6. The molecular weight excluding hydrogens is 434 g/mol. The van der Waals surface area contributed by atoms with Gasteiger partial charge >= 0.3 is 0 Å². The standard InChI is InChI=1S/C25H23N5O4/c1-25(2)12-16-8-18(17(11-20(16)34-25)14-4-7-28-22(10-14)32-3)29-23(31)19-13-33-24(30-19)15-5-6-27-21(26)9-15/h4-11,13H,12H2,1-3H3,(H2,26,27)(H,29,31). The number of aromatic nitrogens is 3. The van der Waals surface area contributed by atoms with Crippen LogP contribution < -0.4 is 20.5 Å². The van der Waals surface area contributed by atoms with Crippen molar-refractivity contribution in [3.05, 3.63) is 66.3 Å². The van der Waals surface area contributed by atoms with Gasteiger partial charge in [-0.3, -0.25) is 4.79 Å². The molecule has 9 nitrogen and oxygen atoms in total. The quantitative estimate of drug-likeness (QED) is 0.453. The van der Waals surface area contributed by atoms with Crippen LogP contribution in [-0.2, 0) is 6.42 Å². The fourth-order valence-corrected chi connectivity index (χ4v) is 3.96. The van der Waals surface area contributed by atoms with E-state index in [-0.39, 0.29) is 17.2 Å². The van der Waals surface area contributed by atoms with Gasteiger partial charge in [0.1, 0.15) is 23.4 Å². The lowest BCUT2D eigenvalue weighted by atomic mass is 9.97. The number of benzene rings is 1. The van der Waals surface area contributed by atoms with E-state index in [2.05, 4.69) is 20.3 Å². The Morgan fingerprint density at radius 2 is 1.91 bits per heavy atom. The monoisotopic (exact) mass is 457 g/mol. The highest BCUT2D eigenvalue weighted by Gasteiger charge is 2.31. The van der Waals surface area contributed by atoms with Crippen LogP contribution in [0.4, 0.5) is 11.5 Å². The zero-order chi connectivity index (χ0) is 23.9. The fourth-order valence-electron chi connectivity index (χ4n) is 3.96. The molecule has 0 saturated carbocycles. The number of ether oxygens (including phenoxy) is 2. The van der Waals surface area contributed by atoms with Gasteiger partial charge in [-0.25, -0.2) is 15.0 Å². The van der Waals surface area contributed by atoms with Gasteiger partial charge in [0, 0.05) is 47.3 Å². The highest BCUT2D eigenvalue weighted by Crippen LogP contribution is 2.42. The number of pyridine rings is 2. The van der Waals surface area contributed by atoms with Gasteiger partial charge in [-0.2, -0.15) is 0 Å². The zero-order valence-electron chi connectivity index (χ0n) is 19.0. The molecule has 1 amide bonds. The summed E-state index contributed by atoms with van der Waals surface area (Å²) in [7, 11) is 1.56. The van der Waals surface area contributed by atoms with Gasteiger partial charge < -0.3 is 24.9 Å². The van der Waals surface area contributed by atoms with Crippen LogP contribution in [0.2, 0.25) is 0 Å². The van der Waals surface area contributed by atoms with Gasteiger partial charge in [0.05, 0.1) is 7.11 Å². The maximum absolute atomic E-state index is 13.1. The van der Waals surface area contributed by atoms with E-state index >= 15 is 0 Å². The Hall–Kier alpha value is -4.40. The summed E-state index contributed by atoms with van der Waals surface area (Å²) in [5.74, 6) is 1.46. The second kappa shape index (κ2) is 8.18. The van der Waals surface area contributed by atoms with Gasteiger partial charge in [0.25, 0.3) is 5.91 Å². The van der Waals surface area contributed by atoms with Crippen LogP contribution in [0.5, 0.6) is 11.6 Å². The highest BCUT2D eigenvalue weighted by atomic mass is 16.5. The van der Waals surface area contributed by atoms with E-state index in [9.17, 15) is 4.79 Å². The lowest BCUT2D eigenvalue weighted by Gasteiger charge is -2.17. The average Bonchev–Trinajstić information content (AvgIpc) is 3.42. The van der Waals surface area contributed by atoms with Gasteiger partial charge in [-0.15, -0.1) is 0 Å². The van der Waals surface area contributed by atoms with E-state index in [0.29, 0.717) is 22.9 Å². The van der Waals surface area contributed by atoms with Gasteiger partial charge in [-0.1, -0.05) is 0 Å². The first-order valence-corrected chi connectivity index (χ1v) is 10.7. The predicted octanol–water partition coefficient (Wildman–Crippen LogP) is 4.36. The minimum absolute atomic E-state index is 0.140. The number of nitrogens with zero attached hydrogens (tertiary/aromatic N) is 3. The van der Waals surface area contributed by atoms with Gasteiger partial charge in [0.2, 0.25) is 11.8 Å². The largest absolute Gasteiger partial charge is 0.487 e. The topological polar surface area (TPSA) is 125 Å². The van der Waals surface area contributed by atoms with E-state index in [1.165, 1.54) is 6.26 Å². The van der Waals surface area contributed by atoms with Crippen molar-refractivity contribution in [2.45, 2.75) is 25.9 Å². The van der Waals surface area contributed by atoms with Gasteiger partial charge in [-0.05, 0) is 49.7 Å². The number of nitrogens with one attached hydrogen (secondary N) is 1. The molecule has 1 aromatic carbocycles. The first kappa shape index (κ1) is 21.4. The maximum Gasteiger partial charge on any atom is 0.277 e. The van der Waals surface area contributed by atoms with Crippen molar-refractivity contribution in [3.63, 3.8) is 0 Å². The summed E-state index contributed by atoms with van der Waals surface area (Å²) >= 11 is 0. The van der Waals surface area contributed by atoms with Crippen LogP contribution in [0, 0.1) is 0 Å². The van der Waals surface area contributed by atoms with E-state index in [1.54, 1.807) is 37.7 Å². The molecule has 0 atom stereocenters. The van der Waals surface area contributed by atoms with Crippen LogP contribution in [0.25, 0.3) is 22.6 Å². The number of fused-ring (bicyclic) bond motifs is 1. The Morgan fingerprint density at radius 3 is 2.71 bits per heavy atom. The summed E-state index contributed by atoms with van der Waals surface area (Å²) in [6.07, 6.45) is 5.25. The molecule has 4 aromatic rings. The highest BCUT2D eigenvalue weighted by molar-refractivity contribution is 6.05. The number of oxazole rings is 1. The van der Waals surface area contributed by atoms with E-state index < -0.39 is 5.91 Å². The molecule has 172 valence electrons. The number of hydrogen-bond acceptors (Lipinski definition) is 8. The molecule has 0 unspecified atom stereocenters. The van der Waals surface area contributed by atoms with Crippen molar-refractivity contribution in [2.24, 2.45) is 0 Å². The van der Waals surface area contributed by atoms with Crippen molar-refractivity contribution >= 4 is 17.4 Å². The van der Waals surface area contributed by atoms with Crippen LogP contribution in [0.1, 0.15) is 29.9 Å². The molecule has 3 N–H and O–H groups in total. The second-order valence-electron chi connectivity index (χ2n) is 8.59. The number of hydrogen-bond donors (Lipinski definition) is 2. The maximum atomic E-state index is 13.1. The zero-order valence-corrected chi connectivity index (χ0v) is 19.0. The molecule has 4 heterocycles. The van der Waals surface area contributed by atoms with Crippen molar-refractivity contribution in [1.29, 1.82) is 0 Å². The summed E-state index contributed by atoms with van der Waals surface area (Å²) in [5.41, 5.74) is 9.41. The van der Waals surface area contributed by atoms with Crippen LogP contribution in [-0.4, -0.2) is 33.6 Å². The summed E-state index contributed by atoms with van der Waals surface area (Å²) < 4.78 is 16.9. The smallest absolute Gasteiger partial charge is 0.277 e. The minimum Gasteiger partial charge on any atom is -0.487 e. The molecular formula is C25H23N5O4. The van der Waals surface area contributed by atoms with E-state index in [1.807, 2.05) is 32.0 Å². The summed E-state index contributed by atoms with van der Waals surface area (Å²) in [5, 5.41) is 2.98. The lowest BCUT2D eigenvalue weighted by Crippen LogP contribution is -2.24. The number of amides is 1. The lowest BCUT2D eigenvalue weighted by molar-refractivity contribution is 0.102. The Kier molecular flexibility index (Phi) is 5.16. The van der Waals surface area contributed by atoms with Crippen molar-refractivity contribution in [1.82, 2.24) is 15.0 Å². The van der Waals surface area contributed by atoms with Crippen molar-refractivity contribution in [3.8, 4) is 34.2 Å². The third-order valence-electron chi connectivity index (χ3n) is 5.47. The third-order valence-corrected chi connectivity index (χ3v) is 5.47. The van der Waals surface area contributed by atoms with Crippen molar-refractivity contribution < 1.29 is 18.7 Å². The Labute approximate surface area is 196 Å². The van der Waals surface area contributed by atoms with E-state index in [0.717, 1.165) is 28.9 Å². The number of rotatable bonds is 5. The predicted molar refractivity (Wildman–Crippen MR) is 127 cm³/mol. The van der Waals surface area contributed by atoms with Crippen molar-refractivity contribution in [2.75, 3.05) is 18.2 Å². The number of carbonyl (C=O) groups excluding carboxylic acids is 1. The number of methoxy groups -OCH3 is 1. The number of nitrogens with two attached hydrogens (primary N) is 1. The van der Waals surface area contributed by atoms with Gasteiger partial charge in [0.15, 0.2) is 5.69 Å². The molecule has 0 spiro atoms. The molecule has 0 saturated heterocycles. The molecule has 0 fully saturated rings. The average molecular weight is 457 g/mol. The summed E-state index contributed by atoms with van der Waals surface area (Å²) in [6, 6.07) is 10.9. The Morgan fingerprint density at radius 1 is 1.12 bits per heavy atom.